The van der Waals surface area contributed by atoms with E-state index < -0.39 is 0 Å². The summed E-state index contributed by atoms with van der Waals surface area (Å²) in [6.07, 6.45) is 2.71. The fourth-order valence-corrected chi connectivity index (χ4v) is 2.19. The van der Waals surface area contributed by atoms with Gasteiger partial charge in [-0.2, -0.15) is 0 Å². The van der Waals surface area contributed by atoms with Gasteiger partial charge >= 0.3 is 0 Å². The van der Waals surface area contributed by atoms with E-state index >= 15 is 0 Å². The Labute approximate surface area is 108 Å². The maximum atomic E-state index is 5.58. The predicted octanol–water partition coefficient (Wildman–Crippen LogP) is 2.65. The molecule has 3 heteroatoms. The Kier molecular flexibility index (Phi) is 4.56. The quantitative estimate of drug-likeness (QED) is 0.849. The van der Waals surface area contributed by atoms with Crippen molar-refractivity contribution in [2.45, 2.75) is 12.5 Å². The monoisotopic (exact) mass is 244 g/mol. The minimum Gasteiger partial charge on any atom is -0.467 e. The third-order valence-electron chi connectivity index (χ3n) is 3.08. The smallest absolute Gasteiger partial charge is 0.125 e. The summed E-state index contributed by atoms with van der Waals surface area (Å²) in [6.45, 7) is 1.67. The van der Waals surface area contributed by atoms with Crippen molar-refractivity contribution in [3.63, 3.8) is 0 Å². The highest BCUT2D eigenvalue weighted by molar-refractivity contribution is 5.26. The van der Waals surface area contributed by atoms with Crippen molar-refractivity contribution in [1.29, 1.82) is 0 Å². The lowest BCUT2D eigenvalue weighted by molar-refractivity contribution is 0.246. The van der Waals surface area contributed by atoms with Crippen LogP contribution < -0.4 is 5.73 Å². The average Bonchev–Trinajstić information content (AvgIpc) is 2.92. The summed E-state index contributed by atoms with van der Waals surface area (Å²) >= 11 is 0. The molecule has 18 heavy (non-hydrogen) atoms. The molecule has 1 heterocycles. The van der Waals surface area contributed by atoms with Crippen LogP contribution >= 0.6 is 0 Å². The molecule has 0 aliphatic carbocycles. The van der Waals surface area contributed by atoms with Crippen LogP contribution in [0, 0.1) is 0 Å². The first-order valence-electron chi connectivity index (χ1n) is 6.31. The molecule has 0 bridgehead atoms. The van der Waals surface area contributed by atoms with Gasteiger partial charge in [-0.1, -0.05) is 30.3 Å². The van der Waals surface area contributed by atoms with Crippen LogP contribution in [-0.2, 0) is 0 Å². The molecule has 2 N–H and O–H groups in total. The highest BCUT2D eigenvalue weighted by Gasteiger charge is 2.20. The molecule has 1 aromatic carbocycles. The van der Waals surface area contributed by atoms with Crippen molar-refractivity contribution in [2.75, 3.05) is 20.1 Å². The number of nitrogens with two attached hydrogens (primary N) is 1. The average molecular weight is 244 g/mol. The van der Waals surface area contributed by atoms with E-state index in [1.54, 1.807) is 6.26 Å². The minimum atomic E-state index is 0.160. The van der Waals surface area contributed by atoms with Gasteiger partial charge in [0.05, 0.1) is 12.3 Å². The van der Waals surface area contributed by atoms with Crippen molar-refractivity contribution in [3.8, 4) is 0 Å². The molecule has 0 amide bonds. The first kappa shape index (κ1) is 12.9. The fourth-order valence-electron chi connectivity index (χ4n) is 2.19. The summed E-state index contributed by atoms with van der Waals surface area (Å²) in [4.78, 5) is 2.28. The number of furan rings is 1. The van der Waals surface area contributed by atoms with Crippen molar-refractivity contribution < 1.29 is 4.42 Å². The first-order valence-corrected chi connectivity index (χ1v) is 6.31. The van der Waals surface area contributed by atoms with E-state index in [9.17, 15) is 0 Å². The van der Waals surface area contributed by atoms with Crippen LogP contribution in [0.1, 0.15) is 23.8 Å². The van der Waals surface area contributed by atoms with Gasteiger partial charge in [0.25, 0.3) is 0 Å². The normalized spacial score (nSPS) is 12.8. The summed E-state index contributed by atoms with van der Waals surface area (Å²) in [6, 6.07) is 14.5. The second-order valence-electron chi connectivity index (χ2n) is 4.45. The van der Waals surface area contributed by atoms with Gasteiger partial charge in [-0.15, -0.1) is 0 Å². The van der Waals surface area contributed by atoms with Gasteiger partial charge in [-0.3, -0.25) is 4.90 Å². The Morgan fingerprint density at radius 1 is 1.17 bits per heavy atom. The van der Waals surface area contributed by atoms with E-state index in [4.69, 9.17) is 10.2 Å². The van der Waals surface area contributed by atoms with Crippen molar-refractivity contribution in [2.24, 2.45) is 5.73 Å². The molecule has 0 aliphatic rings. The molecule has 2 rings (SSSR count). The van der Waals surface area contributed by atoms with Crippen molar-refractivity contribution in [1.82, 2.24) is 4.90 Å². The zero-order valence-corrected chi connectivity index (χ0v) is 10.8. The van der Waals surface area contributed by atoms with E-state index in [1.807, 2.05) is 18.2 Å². The Balaban J connectivity index is 2.24. The zero-order valence-electron chi connectivity index (χ0n) is 10.8. The van der Waals surface area contributed by atoms with E-state index in [-0.39, 0.29) is 6.04 Å². The number of hydrogen-bond donors (Lipinski definition) is 1. The summed E-state index contributed by atoms with van der Waals surface area (Å²) < 4.78 is 5.58. The minimum absolute atomic E-state index is 0.160. The molecule has 1 unspecified atom stereocenters. The number of hydrogen-bond acceptors (Lipinski definition) is 3. The summed E-state index contributed by atoms with van der Waals surface area (Å²) in [5, 5.41) is 0. The molecule has 1 atom stereocenters. The van der Waals surface area contributed by atoms with E-state index in [1.165, 1.54) is 5.56 Å². The van der Waals surface area contributed by atoms with Crippen molar-refractivity contribution in [3.05, 3.63) is 60.1 Å². The van der Waals surface area contributed by atoms with Crippen LogP contribution in [0.3, 0.4) is 0 Å². The van der Waals surface area contributed by atoms with Gasteiger partial charge in [0.2, 0.25) is 0 Å². The summed E-state index contributed by atoms with van der Waals surface area (Å²) in [5.41, 5.74) is 6.83. The molecule has 3 nitrogen and oxygen atoms in total. The Morgan fingerprint density at radius 3 is 2.56 bits per heavy atom. The lowest BCUT2D eigenvalue weighted by Crippen LogP contribution is -2.27. The topological polar surface area (TPSA) is 42.4 Å². The Hall–Kier alpha value is -1.58. The van der Waals surface area contributed by atoms with Gasteiger partial charge < -0.3 is 10.2 Å². The molecule has 2 aromatic rings. The maximum Gasteiger partial charge on any atom is 0.125 e. The largest absolute Gasteiger partial charge is 0.467 e. The van der Waals surface area contributed by atoms with Crippen LogP contribution in [0.2, 0.25) is 0 Å². The second-order valence-corrected chi connectivity index (χ2v) is 4.45. The van der Waals surface area contributed by atoms with Crippen molar-refractivity contribution >= 4 is 0 Å². The highest BCUT2D eigenvalue weighted by Crippen LogP contribution is 2.27. The molecule has 1 aromatic heterocycles. The van der Waals surface area contributed by atoms with Crippen LogP contribution in [-0.4, -0.2) is 25.0 Å². The van der Waals surface area contributed by atoms with Gasteiger partial charge in [0, 0.05) is 6.54 Å². The van der Waals surface area contributed by atoms with Gasteiger partial charge in [0.15, 0.2) is 0 Å². The molecule has 0 aliphatic heterocycles. The lowest BCUT2D eigenvalue weighted by atomic mass is 10.0. The molecule has 0 fully saturated rings. The first-order chi connectivity index (χ1) is 8.83. The van der Waals surface area contributed by atoms with Gasteiger partial charge in [-0.25, -0.2) is 0 Å². The van der Waals surface area contributed by atoms with Gasteiger partial charge in [-0.05, 0) is 37.7 Å². The molecular formula is C15H20N2O. The predicted molar refractivity (Wildman–Crippen MR) is 73.3 cm³/mol. The highest BCUT2D eigenvalue weighted by atomic mass is 16.3. The number of rotatable bonds is 6. The maximum absolute atomic E-state index is 5.58. The fraction of sp³-hybridized carbons (Fsp3) is 0.333. The lowest BCUT2D eigenvalue weighted by Gasteiger charge is -2.26. The van der Waals surface area contributed by atoms with Crippen LogP contribution in [0.15, 0.2) is 53.1 Å². The Bertz CT molecular complexity index is 439. The van der Waals surface area contributed by atoms with Crippen LogP contribution in [0.4, 0.5) is 0 Å². The molecular weight excluding hydrogens is 224 g/mol. The SMILES string of the molecule is CN(CCCN)C(c1ccccc1)c1ccco1. The molecule has 0 spiro atoms. The third kappa shape index (κ3) is 3.00. The molecule has 0 radical (unpaired) electrons. The van der Waals surface area contributed by atoms with Gasteiger partial charge in [0.1, 0.15) is 5.76 Å². The zero-order chi connectivity index (χ0) is 12.8. The number of nitrogens with zero attached hydrogens (tertiary/aromatic N) is 1. The van der Waals surface area contributed by atoms with Crippen LogP contribution in [0.25, 0.3) is 0 Å². The standard InChI is InChI=1S/C15H20N2O/c1-17(11-6-10-16)15(14-9-5-12-18-14)13-7-3-2-4-8-13/h2-5,7-9,12,15H,6,10-11,16H2,1H3. The second kappa shape index (κ2) is 6.38. The van der Waals surface area contributed by atoms with E-state index in [0.717, 1.165) is 18.7 Å². The molecule has 0 saturated heterocycles. The van der Waals surface area contributed by atoms with E-state index in [0.29, 0.717) is 6.54 Å². The number of benzene rings is 1. The molecule has 0 saturated carbocycles. The van der Waals surface area contributed by atoms with E-state index in [2.05, 4.69) is 36.2 Å². The van der Waals surface area contributed by atoms with Crippen LogP contribution in [0.5, 0.6) is 0 Å². The third-order valence-corrected chi connectivity index (χ3v) is 3.08. The molecule has 96 valence electrons. The Morgan fingerprint density at radius 2 is 1.94 bits per heavy atom. The summed E-state index contributed by atoms with van der Waals surface area (Å²) in [7, 11) is 2.11. The summed E-state index contributed by atoms with van der Waals surface area (Å²) in [5.74, 6) is 0.973.